The van der Waals surface area contributed by atoms with Crippen molar-refractivity contribution >= 4 is 45.1 Å². The van der Waals surface area contributed by atoms with Crippen molar-refractivity contribution in [2.45, 2.75) is 90.5 Å². The molecular weight excluding hydrogens is 488 g/mol. The summed E-state index contributed by atoms with van der Waals surface area (Å²) in [6.45, 7) is 15.4. The summed E-state index contributed by atoms with van der Waals surface area (Å²) in [4.78, 5) is 19.2. The van der Waals surface area contributed by atoms with Crippen molar-refractivity contribution in [2.75, 3.05) is 22.9 Å². The number of fused-ring (bicyclic) bond motifs is 1. The Morgan fingerprint density at radius 2 is 1.86 bits per heavy atom. The first-order valence-corrected chi connectivity index (χ1v) is 14.7. The second kappa shape index (κ2) is 10.8. The number of nitrogens with one attached hydrogen (secondary N) is 2. The molecule has 7 nitrogen and oxygen atoms in total. The number of thioether (sulfide) groups is 1. The van der Waals surface area contributed by atoms with E-state index >= 15 is 0 Å². The molecule has 3 heterocycles. The fourth-order valence-corrected chi connectivity index (χ4v) is 6.84. The molecule has 2 unspecified atom stereocenters. The van der Waals surface area contributed by atoms with E-state index in [2.05, 4.69) is 36.4 Å². The number of nitrogens with zero attached hydrogens (tertiary/aromatic N) is 4. The van der Waals surface area contributed by atoms with Crippen molar-refractivity contribution in [2.24, 2.45) is 5.92 Å². The van der Waals surface area contributed by atoms with E-state index in [1.54, 1.807) is 11.3 Å². The number of thiazole rings is 1. The number of anilines is 2. The van der Waals surface area contributed by atoms with Crippen molar-refractivity contribution in [3.8, 4) is 10.6 Å². The standard InChI is InChI=1S/C27H40N6OS2/c1-16-21(24-32-22-17(2)28-11-10-20(22)36-24)23(31-19-9-8-18(14-19)15-27(6,7)34)33-25(30-16)29-12-13-35-26(3,4)5/h10-11,18-19,34H,8-9,12-15H2,1-7H3,(H2,29,30,31,33). The first kappa shape index (κ1) is 27.1. The van der Waals surface area contributed by atoms with Gasteiger partial charge in [0.15, 0.2) is 0 Å². The highest BCUT2D eigenvalue weighted by molar-refractivity contribution is 8.00. The molecule has 0 aliphatic heterocycles. The van der Waals surface area contributed by atoms with Crippen LogP contribution in [0.15, 0.2) is 12.3 Å². The minimum absolute atomic E-state index is 0.233. The van der Waals surface area contributed by atoms with Crippen LogP contribution in [-0.4, -0.2) is 53.7 Å². The second-order valence-corrected chi connectivity index (χ2v) is 14.5. The SMILES string of the molecule is Cc1nc(NCCSC(C)(C)C)nc(NC2CCC(CC(C)(C)O)C2)c1-c1nc2c(C)nccc2s1. The molecule has 0 radical (unpaired) electrons. The van der Waals surface area contributed by atoms with Gasteiger partial charge in [0.1, 0.15) is 16.3 Å². The molecule has 3 aromatic heterocycles. The van der Waals surface area contributed by atoms with Crippen LogP contribution in [-0.2, 0) is 0 Å². The van der Waals surface area contributed by atoms with Crippen LogP contribution < -0.4 is 10.6 Å². The monoisotopic (exact) mass is 528 g/mol. The highest BCUT2D eigenvalue weighted by atomic mass is 32.2. The van der Waals surface area contributed by atoms with Crippen LogP contribution in [0.2, 0.25) is 0 Å². The number of aliphatic hydroxyl groups is 1. The average Bonchev–Trinajstić information content (AvgIpc) is 3.36. The molecule has 1 aliphatic rings. The lowest BCUT2D eigenvalue weighted by Crippen LogP contribution is -2.23. The van der Waals surface area contributed by atoms with Crippen LogP contribution in [0.3, 0.4) is 0 Å². The zero-order valence-corrected chi connectivity index (χ0v) is 24.2. The zero-order chi connectivity index (χ0) is 26.1. The third-order valence-electron chi connectivity index (χ3n) is 6.38. The highest BCUT2D eigenvalue weighted by Crippen LogP contribution is 2.39. The number of hydrogen-bond acceptors (Lipinski definition) is 9. The summed E-state index contributed by atoms with van der Waals surface area (Å²) >= 11 is 3.59. The number of hydrogen-bond donors (Lipinski definition) is 3. The van der Waals surface area contributed by atoms with Crippen LogP contribution in [0.1, 0.15) is 71.7 Å². The van der Waals surface area contributed by atoms with Gasteiger partial charge in [0, 0.05) is 29.3 Å². The Balaban J connectivity index is 1.61. The van der Waals surface area contributed by atoms with E-state index in [9.17, 15) is 5.11 Å². The van der Waals surface area contributed by atoms with Gasteiger partial charge in [0.25, 0.3) is 0 Å². The molecule has 3 aromatic rings. The minimum Gasteiger partial charge on any atom is -0.390 e. The summed E-state index contributed by atoms with van der Waals surface area (Å²) in [5.41, 5.74) is 3.12. The molecule has 0 amide bonds. The van der Waals surface area contributed by atoms with Gasteiger partial charge >= 0.3 is 0 Å². The highest BCUT2D eigenvalue weighted by Gasteiger charge is 2.30. The van der Waals surface area contributed by atoms with Crippen LogP contribution in [0.5, 0.6) is 0 Å². The molecule has 36 heavy (non-hydrogen) atoms. The Morgan fingerprint density at radius 3 is 2.56 bits per heavy atom. The first-order chi connectivity index (χ1) is 16.9. The molecule has 0 aromatic carbocycles. The molecule has 9 heteroatoms. The maximum absolute atomic E-state index is 10.3. The van der Waals surface area contributed by atoms with Gasteiger partial charge < -0.3 is 15.7 Å². The molecule has 2 atom stereocenters. The van der Waals surface area contributed by atoms with Gasteiger partial charge in [-0.25, -0.2) is 9.97 Å². The van der Waals surface area contributed by atoms with E-state index in [1.807, 2.05) is 51.7 Å². The molecule has 1 fully saturated rings. The van der Waals surface area contributed by atoms with E-state index in [4.69, 9.17) is 15.0 Å². The number of rotatable bonds is 9. The van der Waals surface area contributed by atoms with Gasteiger partial charge in [-0.3, -0.25) is 4.98 Å². The van der Waals surface area contributed by atoms with Crippen molar-refractivity contribution in [1.29, 1.82) is 0 Å². The van der Waals surface area contributed by atoms with Crippen LogP contribution in [0.25, 0.3) is 20.8 Å². The second-order valence-electron chi connectivity index (χ2n) is 11.5. The Morgan fingerprint density at radius 1 is 1.08 bits per heavy atom. The Hall–Kier alpha value is -1.97. The van der Waals surface area contributed by atoms with Gasteiger partial charge in [-0.2, -0.15) is 16.7 Å². The van der Waals surface area contributed by atoms with E-state index in [0.29, 0.717) is 17.9 Å². The summed E-state index contributed by atoms with van der Waals surface area (Å²) < 4.78 is 1.35. The summed E-state index contributed by atoms with van der Waals surface area (Å²) in [7, 11) is 0. The lowest BCUT2D eigenvalue weighted by molar-refractivity contribution is 0.0534. The van der Waals surface area contributed by atoms with Crippen molar-refractivity contribution in [3.63, 3.8) is 0 Å². The normalized spacial score (nSPS) is 18.7. The maximum Gasteiger partial charge on any atom is 0.224 e. The van der Waals surface area contributed by atoms with E-state index in [-0.39, 0.29) is 4.75 Å². The summed E-state index contributed by atoms with van der Waals surface area (Å²) in [6.07, 6.45) is 5.87. The predicted octanol–water partition coefficient (Wildman–Crippen LogP) is 6.45. The summed E-state index contributed by atoms with van der Waals surface area (Å²) in [6, 6.07) is 2.33. The molecule has 1 saturated carbocycles. The van der Waals surface area contributed by atoms with Gasteiger partial charge in [0.2, 0.25) is 5.95 Å². The molecule has 3 N–H and O–H groups in total. The molecule has 0 saturated heterocycles. The average molecular weight is 529 g/mol. The smallest absolute Gasteiger partial charge is 0.224 e. The molecular formula is C27H40N6OS2. The Kier molecular flexibility index (Phi) is 8.12. The van der Waals surface area contributed by atoms with E-state index in [1.165, 1.54) is 0 Å². The van der Waals surface area contributed by atoms with Crippen molar-refractivity contribution in [3.05, 3.63) is 23.7 Å². The molecule has 0 spiro atoms. The van der Waals surface area contributed by atoms with Gasteiger partial charge in [-0.15, -0.1) is 11.3 Å². The third kappa shape index (κ3) is 7.07. The van der Waals surface area contributed by atoms with E-state index in [0.717, 1.165) is 76.0 Å². The van der Waals surface area contributed by atoms with Crippen molar-refractivity contribution < 1.29 is 5.11 Å². The first-order valence-electron chi connectivity index (χ1n) is 12.9. The van der Waals surface area contributed by atoms with E-state index < -0.39 is 5.60 Å². The molecule has 1 aliphatic carbocycles. The number of aryl methyl sites for hydroxylation is 2. The Labute approximate surface area is 223 Å². The van der Waals surface area contributed by atoms with Crippen LogP contribution >= 0.6 is 23.1 Å². The zero-order valence-electron chi connectivity index (χ0n) is 22.6. The van der Waals surface area contributed by atoms with Crippen molar-refractivity contribution in [1.82, 2.24) is 19.9 Å². The van der Waals surface area contributed by atoms with Crippen LogP contribution in [0.4, 0.5) is 11.8 Å². The molecule has 196 valence electrons. The Bertz CT molecular complexity index is 1200. The summed E-state index contributed by atoms with van der Waals surface area (Å²) in [5, 5.41) is 18.4. The maximum atomic E-state index is 10.3. The van der Waals surface area contributed by atoms with Gasteiger partial charge in [-0.1, -0.05) is 20.8 Å². The minimum atomic E-state index is -0.634. The van der Waals surface area contributed by atoms with Gasteiger partial charge in [0.05, 0.1) is 27.3 Å². The number of aromatic nitrogens is 4. The number of pyridine rings is 1. The quantitative estimate of drug-likeness (QED) is 0.273. The topological polar surface area (TPSA) is 95.9 Å². The predicted molar refractivity (Wildman–Crippen MR) is 154 cm³/mol. The lowest BCUT2D eigenvalue weighted by Gasteiger charge is -2.22. The fraction of sp³-hybridized carbons (Fsp3) is 0.630. The van der Waals surface area contributed by atoms with Crippen LogP contribution in [0, 0.1) is 19.8 Å². The fourth-order valence-electron chi connectivity index (χ4n) is 4.91. The largest absolute Gasteiger partial charge is 0.390 e. The summed E-state index contributed by atoms with van der Waals surface area (Å²) in [5.74, 6) is 2.99. The van der Waals surface area contributed by atoms with Gasteiger partial charge in [-0.05, 0) is 65.4 Å². The third-order valence-corrected chi connectivity index (χ3v) is 8.70. The molecule has 0 bridgehead atoms. The molecule has 4 rings (SSSR count). The lowest BCUT2D eigenvalue weighted by atomic mass is 9.92.